The molecule has 0 spiro atoms. The van der Waals surface area contributed by atoms with Crippen LogP contribution in [0.4, 0.5) is 44.9 Å². The molecule has 3 N–H and O–H groups in total. The predicted molar refractivity (Wildman–Crippen MR) is 164 cm³/mol. The number of amides is 4. The lowest BCUT2D eigenvalue weighted by Gasteiger charge is -2.24. The number of benzene rings is 1. The van der Waals surface area contributed by atoms with Crippen LogP contribution in [0.15, 0.2) is 52.0 Å². The van der Waals surface area contributed by atoms with Crippen molar-refractivity contribution < 1.29 is 46.3 Å². The molecule has 250 valence electrons. The third-order valence-electron chi connectivity index (χ3n) is 8.19. The first-order valence-electron chi connectivity index (χ1n) is 14.9. The first-order chi connectivity index (χ1) is 22.7. The van der Waals surface area contributed by atoms with Crippen LogP contribution < -0.4 is 15.5 Å². The number of urea groups is 1. The Bertz CT molecular complexity index is 2100. The summed E-state index contributed by atoms with van der Waals surface area (Å²) in [5.74, 6) is -0.460. The molecule has 0 aliphatic heterocycles. The lowest BCUT2D eigenvalue weighted by Crippen LogP contribution is -2.40. The highest BCUT2D eigenvalue weighted by atomic mass is 19.4. The molecule has 4 aromatic heterocycles. The Kier molecular flexibility index (Phi) is 6.92. The topological polar surface area (TPSA) is 178 Å². The van der Waals surface area contributed by atoms with Crippen LogP contribution >= 0.6 is 0 Å². The number of alkyl halides is 3. The Morgan fingerprint density at radius 2 is 1.83 bits per heavy atom. The van der Waals surface area contributed by atoms with Crippen molar-refractivity contribution in [3.05, 3.63) is 48.7 Å². The van der Waals surface area contributed by atoms with Crippen LogP contribution in [0.2, 0.25) is 0 Å². The van der Waals surface area contributed by atoms with Gasteiger partial charge in [0.15, 0.2) is 11.4 Å². The van der Waals surface area contributed by atoms with Crippen LogP contribution in [-0.4, -0.2) is 54.8 Å². The summed E-state index contributed by atoms with van der Waals surface area (Å²) in [7, 11) is 0. The molecular formula is C31H28F3N7O7. The third kappa shape index (κ3) is 5.33. The van der Waals surface area contributed by atoms with Gasteiger partial charge in [0.05, 0.1) is 17.3 Å². The summed E-state index contributed by atoms with van der Waals surface area (Å²) in [6.07, 6.45) is -1.30. The number of aromatic nitrogens is 4. The van der Waals surface area contributed by atoms with Gasteiger partial charge < -0.3 is 28.7 Å². The molecular weight excluding hydrogens is 639 g/mol. The molecule has 4 heterocycles. The van der Waals surface area contributed by atoms with Gasteiger partial charge in [-0.3, -0.25) is 5.32 Å². The van der Waals surface area contributed by atoms with Gasteiger partial charge in [-0.2, -0.15) is 18.1 Å². The van der Waals surface area contributed by atoms with Crippen molar-refractivity contribution in [2.45, 2.75) is 69.7 Å². The molecule has 0 unspecified atom stereocenters. The Morgan fingerprint density at radius 3 is 2.48 bits per heavy atom. The highest BCUT2D eigenvalue weighted by Gasteiger charge is 2.66. The molecule has 0 bridgehead atoms. The summed E-state index contributed by atoms with van der Waals surface area (Å²) in [6, 6.07) is 5.20. The fourth-order valence-corrected chi connectivity index (χ4v) is 5.67. The van der Waals surface area contributed by atoms with Gasteiger partial charge in [-0.15, -0.1) is 0 Å². The normalized spacial score (nSPS) is 15.8. The van der Waals surface area contributed by atoms with Crippen molar-refractivity contribution in [3.8, 4) is 11.1 Å². The van der Waals surface area contributed by atoms with Crippen LogP contribution in [0.5, 0.6) is 0 Å². The fourth-order valence-electron chi connectivity index (χ4n) is 5.67. The number of rotatable bonds is 6. The summed E-state index contributed by atoms with van der Waals surface area (Å²) < 4.78 is 58.4. The first kappa shape index (κ1) is 31.0. The van der Waals surface area contributed by atoms with E-state index >= 15 is 0 Å². The number of hydrogen-bond donors (Lipinski definition) is 3. The minimum absolute atomic E-state index is 0.107. The molecule has 48 heavy (non-hydrogen) atoms. The van der Waals surface area contributed by atoms with E-state index in [0.717, 1.165) is 18.9 Å². The molecule has 0 atom stereocenters. The molecule has 4 amide bonds. The largest absolute Gasteiger partial charge is 0.464 e. The fraction of sp³-hybridized carbons (Fsp3) is 0.355. The Morgan fingerprint density at radius 1 is 1.08 bits per heavy atom. The Hall–Kier alpha value is -5.61. The van der Waals surface area contributed by atoms with Gasteiger partial charge >= 0.3 is 24.4 Å². The van der Waals surface area contributed by atoms with Gasteiger partial charge in [-0.05, 0) is 64.2 Å². The van der Waals surface area contributed by atoms with Crippen molar-refractivity contribution in [1.82, 2.24) is 19.7 Å². The maximum atomic E-state index is 13.5. The molecule has 17 heteroatoms. The number of imide groups is 1. The molecule has 0 radical (unpaired) electrons. The second-order valence-corrected chi connectivity index (χ2v) is 12.7. The van der Waals surface area contributed by atoms with E-state index in [2.05, 4.69) is 25.8 Å². The van der Waals surface area contributed by atoms with E-state index in [0.29, 0.717) is 27.1 Å². The average molecular weight is 668 g/mol. The number of halogens is 3. The minimum Gasteiger partial charge on any atom is -0.464 e. The summed E-state index contributed by atoms with van der Waals surface area (Å²) in [5.41, 5.74) is -1.43. The zero-order valence-electron chi connectivity index (χ0n) is 25.7. The lowest BCUT2D eigenvalue weighted by atomic mass is 10.0. The van der Waals surface area contributed by atoms with Crippen molar-refractivity contribution in [3.63, 3.8) is 0 Å². The third-order valence-corrected chi connectivity index (χ3v) is 8.19. The summed E-state index contributed by atoms with van der Waals surface area (Å²) >= 11 is 0. The number of fused-ring (bicyclic) bond motifs is 2. The Labute approximate surface area is 268 Å². The van der Waals surface area contributed by atoms with E-state index in [-0.39, 0.29) is 52.9 Å². The number of carbonyl (C=O) groups is 3. The molecule has 1 aromatic carbocycles. The van der Waals surface area contributed by atoms with Crippen LogP contribution in [-0.2, 0) is 10.2 Å². The maximum Gasteiger partial charge on any atom is 0.425 e. The van der Waals surface area contributed by atoms with Gasteiger partial charge in [0.2, 0.25) is 5.88 Å². The number of hydrogen-bond acceptors (Lipinski definition) is 9. The number of ether oxygens (including phenoxy) is 1. The van der Waals surface area contributed by atoms with E-state index in [1.807, 2.05) is 10.8 Å². The zero-order chi connectivity index (χ0) is 34.2. The van der Waals surface area contributed by atoms with Gasteiger partial charge in [0.1, 0.15) is 28.7 Å². The monoisotopic (exact) mass is 667 g/mol. The van der Waals surface area contributed by atoms with Crippen molar-refractivity contribution in [1.29, 1.82) is 0 Å². The number of carboxylic acid groups (broad SMARTS) is 1. The van der Waals surface area contributed by atoms with Crippen LogP contribution in [0.25, 0.3) is 33.1 Å². The van der Waals surface area contributed by atoms with Crippen LogP contribution in [0, 0.1) is 0 Å². The molecule has 2 aliphatic rings. The van der Waals surface area contributed by atoms with E-state index < -0.39 is 35.4 Å². The van der Waals surface area contributed by atoms with Crippen molar-refractivity contribution in [2.24, 2.45) is 0 Å². The predicted octanol–water partition coefficient (Wildman–Crippen LogP) is 7.82. The maximum absolute atomic E-state index is 13.5. The quantitative estimate of drug-likeness (QED) is 0.162. The number of nitrogens with zero attached hydrogens (tertiary/aromatic N) is 5. The minimum atomic E-state index is -4.49. The highest BCUT2D eigenvalue weighted by molar-refractivity contribution is 6.17. The molecule has 0 saturated heterocycles. The van der Waals surface area contributed by atoms with E-state index in [9.17, 15) is 32.7 Å². The van der Waals surface area contributed by atoms with Crippen LogP contribution in [0.1, 0.15) is 58.2 Å². The average Bonchev–Trinajstić information content (AvgIpc) is 3.86. The molecule has 2 aliphatic carbocycles. The van der Waals surface area contributed by atoms with E-state index in [1.54, 1.807) is 39.0 Å². The SMILES string of the molecule is CC(C)(C)OC(=O)N(C(=O)O)c1ncnc2c1c(-c1ccc(NC(=O)Nc3cc(C4(C(F)(F)F)CC4)no3)c3occc13)cn2C1CC1. The summed E-state index contributed by atoms with van der Waals surface area (Å²) in [4.78, 5) is 47.6. The van der Waals surface area contributed by atoms with Crippen molar-refractivity contribution >= 4 is 57.6 Å². The van der Waals surface area contributed by atoms with Crippen molar-refractivity contribution in [2.75, 3.05) is 15.5 Å². The standard InChI is InChI=1S/C31H28F3N7O7/c1-29(2,3)47-28(45)41(27(43)44)25-22-18(13-40(15-4-5-15)24(22)35-14-36-25)16-6-7-19(23-17(16)8-11-46-23)37-26(42)38-21-12-20(39-48-21)30(9-10-30)31(32,33)34/h6-8,11-15H,4-5,9-10H2,1-3H3,(H,43,44)(H2,37,38,42). The van der Waals surface area contributed by atoms with Gasteiger partial charge in [-0.25, -0.2) is 24.4 Å². The molecule has 14 nitrogen and oxygen atoms in total. The molecule has 7 rings (SSSR count). The van der Waals surface area contributed by atoms with E-state index in [1.165, 1.54) is 12.6 Å². The number of nitrogens with one attached hydrogen (secondary N) is 2. The molecule has 5 aromatic rings. The highest BCUT2D eigenvalue weighted by Crippen LogP contribution is 2.58. The van der Waals surface area contributed by atoms with Gasteiger partial charge in [-0.1, -0.05) is 11.2 Å². The summed E-state index contributed by atoms with van der Waals surface area (Å²) in [5, 5.41) is 19.4. The number of furan rings is 1. The van der Waals surface area contributed by atoms with Crippen LogP contribution in [0.3, 0.4) is 0 Å². The molecule has 2 fully saturated rings. The Balaban J connectivity index is 1.24. The number of carbonyl (C=O) groups excluding carboxylic acids is 2. The smallest absolute Gasteiger partial charge is 0.425 e. The number of anilines is 3. The second kappa shape index (κ2) is 10.7. The molecule has 2 saturated carbocycles. The second-order valence-electron chi connectivity index (χ2n) is 12.7. The lowest BCUT2D eigenvalue weighted by molar-refractivity contribution is -0.161. The zero-order valence-corrected chi connectivity index (χ0v) is 25.7. The van der Waals surface area contributed by atoms with Gasteiger partial charge in [0.25, 0.3) is 0 Å². The van der Waals surface area contributed by atoms with E-state index in [4.69, 9.17) is 13.7 Å². The summed E-state index contributed by atoms with van der Waals surface area (Å²) in [6.45, 7) is 4.84. The first-order valence-corrected chi connectivity index (χ1v) is 14.9. The van der Waals surface area contributed by atoms with Gasteiger partial charge in [0, 0.05) is 29.3 Å².